The second kappa shape index (κ2) is 6.24. The number of benzene rings is 1. The number of alkyl halides is 1. The maximum Gasteiger partial charge on any atom is 0.139 e. The van der Waals surface area contributed by atoms with Gasteiger partial charge in [0.1, 0.15) is 11.6 Å². The Balaban J connectivity index is 2.14. The number of thioether (sulfide) groups is 1. The smallest absolute Gasteiger partial charge is 0.139 e. The molecule has 1 saturated heterocycles. The van der Waals surface area contributed by atoms with E-state index in [1.54, 1.807) is 12.1 Å². The summed E-state index contributed by atoms with van der Waals surface area (Å²) in [5, 5.41) is 0. The van der Waals surface area contributed by atoms with Crippen LogP contribution in [-0.2, 0) is 6.42 Å². The lowest BCUT2D eigenvalue weighted by atomic mass is 10.1. The summed E-state index contributed by atoms with van der Waals surface area (Å²) in [4.78, 5) is 4.65. The average Bonchev–Trinajstić information content (AvgIpc) is 2.78. The van der Waals surface area contributed by atoms with Crippen LogP contribution in [0.3, 0.4) is 0 Å². The third-order valence-electron chi connectivity index (χ3n) is 3.62. The third kappa shape index (κ3) is 2.72. The molecule has 0 bridgehead atoms. The molecule has 1 aromatic heterocycles. The Hall–Kier alpha value is -0.260. The van der Waals surface area contributed by atoms with Crippen molar-refractivity contribution in [2.75, 3.05) is 17.4 Å². The van der Waals surface area contributed by atoms with E-state index in [4.69, 9.17) is 11.6 Å². The van der Waals surface area contributed by atoms with Crippen LogP contribution in [0.25, 0.3) is 11.0 Å². The van der Waals surface area contributed by atoms with Gasteiger partial charge in [0, 0.05) is 30.2 Å². The molecule has 6 heteroatoms. The highest BCUT2D eigenvalue weighted by molar-refractivity contribution is 9.10. The molecule has 1 atom stereocenters. The maximum absolute atomic E-state index is 13.9. The number of aromatic nitrogens is 2. The van der Waals surface area contributed by atoms with E-state index < -0.39 is 0 Å². The summed E-state index contributed by atoms with van der Waals surface area (Å²) >= 11 is 11.1. The molecule has 0 aliphatic carbocycles. The molecule has 2 nitrogen and oxygen atoms in total. The highest BCUT2D eigenvalue weighted by Crippen LogP contribution is 2.33. The van der Waals surface area contributed by atoms with E-state index >= 15 is 0 Å². The molecule has 0 saturated carbocycles. The fourth-order valence-corrected chi connectivity index (χ4v) is 4.36. The van der Waals surface area contributed by atoms with E-state index in [0.29, 0.717) is 16.4 Å². The van der Waals surface area contributed by atoms with Crippen molar-refractivity contribution in [1.29, 1.82) is 0 Å². The second-order valence-corrected chi connectivity index (χ2v) is 7.35. The molecular formula is C14H15BrClFN2S. The van der Waals surface area contributed by atoms with Crippen LogP contribution >= 0.6 is 39.3 Å². The van der Waals surface area contributed by atoms with Crippen LogP contribution in [0.2, 0.25) is 0 Å². The van der Waals surface area contributed by atoms with Crippen LogP contribution in [0.5, 0.6) is 0 Å². The highest BCUT2D eigenvalue weighted by atomic mass is 79.9. The zero-order chi connectivity index (χ0) is 14.1. The molecule has 1 aromatic carbocycles. The van der Waals surface area contributed by atoms with Gasteiger partial charge in [-0.15, -0.1) is 11.6 Å². The zero-order valence-corrected chi connectivity index (χ0v) is 14.1. The monoisotopic (exact) mass is 376 g/mol. The second-order valence-electron chi connectivity index (χ2n) is 4.96. The van der Waals surface area contributed by atoms with Gasteiger partial charge in [-0.3, -0.25) is 0 Å². The van der Waals surface area contributed by atoms with Crippen molar-refractivity contribution in [1.82, 2.24) is 9.55 Å². The number of imidazole rings is 1. The predicted molar refractivity (Wildman–Crippen MR) is 87.4 cm³/mol. The van der Waals surface area contributed by atoms with Gasteiger partial charge >= 0.3 is 0 Å². The minimum atomic E-state index is -0.237. The minimum Gasteiger partial charge on any atom is -0.324 e. The maximum atomic E-state index is 13.9. The molecule has 1 unspecified atom stereocenters. The van der Waals surface area contributed by atoms with E-state index in [-0.39, 0.29) is 5.82 Å². The number of fused-ring (bicyclic) bond motifs is 1. The predicted octanol–water partition coefficient (Wildman–Crippen LogP) is 4.79. The quantitative estimate of drug-likeness (QED) is 0.716. The van der Waals surface area contributed by atoms with Crippen molar-refractivity contribution >= 4 is 50.3 Å². The number of hydrogen-bond donors (Lipinski definition) is 0. The van der Waals surface area contributed by atoms with Crippen molar-refractivity contribution < 1.29 is 4.39 Å². The molecule has 0 radical (unpaired) electrons. The van der Waals surface area contributed by atoms with Crippen LogP contribution < -0.4 is 0 Å². The van der Waals surface area contributed by atoms with Gasteiger partial charge in [0.15, 0.2) is 0 Å². The summed E-state index contributed by atoms with van der Waals surface area (Å²) in [5.41, 5.74) is 1.73. The number of nitrogens with zero attached hydrogens (tertiary/aromatic N) is 2. The minimum absolute atomic E-state index is 0.237. The van der Waals surface area contributed by atoms with Gasteiger partial charge < -0.3 is 4.57 Å². The molecule has 108 valence electrons. The van der Waals surface area contributed by atoms with Crippen molar-refractivity contribution in [3.05, 3.63) is 28.2 Å². The normalized spacial score (nSPS) is 19.6. The molecule has 2 aromatic rings. The largest absolute Gasteiger partial charge is 0.324 e. The van der Waals surface area contributed by atoms with Gasteiger partial charge in [0.05, 0.1) is 15.5 Å². The summed E-state index contributed by atoms with van der Waals surface area (Å²) in [6.07, 6.45) is 3.05. The number of hydrogen-bond acceptors (Lipinski definition) is 2. The molecule has 20 heavy (non-hydrogen) atoms. The van der Waals surface area contributed by atoms with E-state index in [2.05, 4.69) is 25.5 Å². The fourth-order valence-electron chi connectivity index (χ4n) is 2.74. The lowest BCUT2D eigenvalue weighted by Crippen LogP contribution is -2.18. The Morgan fingerprint density at radius 2 is 2.35 bits per heavy atom. The zero-order valence-electron chi connectivity index (χ0n) is 10.9. The lowest BCUT2D eigenvalue weighted by Gasteiger charge is -2.25. The van der Waals surface area contributed by atoms with Gasteiger partial charge in [-0.1, -0.05) is 0 Å². The average molecular weight is 378 g/mol. The number of halogens is 3. The Labute approximate surface area is 135 Å². The van der Waals surface area contributed by atoms with E-state index in [0.717, 1.165) is 35.5 Å². The van der Waals surface area contributed by atoms with Crippen LogP contribution in [0, 0.1) is 5.82 Å². The number of rotatable bonds is 3. The summed E-state index contributed by atoms with van der Waals surface area (Å²) in [6.45, 7) is 0. The van der Waals surface area contributed by atoms with E-state index in [9.17, 15) is 4.39 Å². The molecule has 0 N–H and O–H groups in total. The lowest BCUT2D eigenvalue weighted by molar-refractivity contribution is 0.495. The van der Waals surface area contributed by atoms with E-state index in [1.807, 2.05) is 11.8 Å². The Bertz CT molecular complexity index is 625. The van der Waals surface area contributed by atoms with Crippen molar-refractivity contribution in [2.24, 2.45) is 0 Å². The molecular weight excluding hydrogens is 363 g/mol. The fraction of sp³-hybridized carbons (Fsp3) is 0.500. The van der Waals surface area contributed by atoms with Crippen molar-refractivity contribution in [2.45, 2.75) is 25.3 Å². The topological polar surface area (TPSA) is 17.8 Å². The third-order valence-corrected chi connectivity index (χ3v) is 5.62. The summed E-state index contributed by atoms with van der Waals surface area (Å²) in [7, 11) is 0. The standard InChI is InChI=1S/C14H15BrClFN2S/c15-10-6-12-13(7-11(10)17)19(14(18-12)3-4-16)9-2-1-5-20-8-9/h6-7,9H,1-5,8H2. The first-order valence-electron chi connectivity index (χ1n) is 6.70. The van der Waals surface area contributed by atoms with Gasteiger partial charge in [0.25, 0.3) is 0 Å². The summed E-state index contributed by atoms with van der Waals surface area (Å²) in [6, 6.07) is 3.75. The first-order valence-corrected chi connectivity index (χ1v) is 9.18. The SMILES string of the molecule is Fc1cc2c(cc1Br)nc(CCCl)n2C1CCCSC1. The molecule has 1 aliphatic rings. The van der Waals surface area contributed by atoms with Crippen LogP contribution in [0.15, 0.2) is 16.6 Å². The number of aryl methyl sites for hydroxylation is 1. The Morgan fingerprint density at radius 3 is 3.05 bits per heavy atom. The van der Waals surface area contributed by atoms with Gasteiger partial charge in [0.2, 0.25) is 0 Å². The Morgan fingerprint density at radius 1 is 1.50 bits per heavy atom. The summed E-state index contributed by atoms with van der Waals surface area (Å²) in [5.74, 6) is 3.55. The molecule has 1 aliphatic heterocycles. The van der Waals surface area contributed by atoms with Crippen molar-refractivity contribution in [3.63, 3.8) is 0 Å². The molecule has 2 heterocycles. The van der Waals surface area contributed by atoms with Crippen LogP contribution in [0.4, 0.5) is 4.39 Å². The molecule has 0 spiro atoms. The van der Waals surface area contributed by atoms with Gasteiger partial charge in [-0.2, -0.15) is 11.8 Å². The Kier molecular flexibility index (Phi) is 4.58. The molecule has 0 amide bonds. The summed E-state index contributed by atoms with van der Waals surface area (Å²) < 4.78 is 16.5. The highest BCUT2D eigenvalue weighted by Gasteiger charge is 2.22. The van der Waals surface area contributed by atoms with Crippen LogP contribution in [-0.4, -0.2) is 26.9 Å². The molecule has 1 fully saturated rings. The van der Waals surface area contributed by atoms with Crippen LogP contribution in [0.1, 0.15) is 24.7 Å². The van der Waals surface area contributed by atoms with E-state index in [1.165, 1.54) is 12.2 Å². The van der Waals surface area contributed by atoms with Crippen molar-refractivity contribution in [3.8, 4) is 0 Å². The van der Waals surface area contributed by atoms with Gasteiger partial charge in [-0.05, 0) is 40.6 Å². The molecule has 3 rings (SSSR count). The first kappa shape index (κ1) is 14.7. The first-order chi connectivity index (χ1) is 9.70. The van der Waals surface area contributed by atoms with Gasteiger partial charge in [-0.25, -0.2) is 9.37 Å².